The molecule has 5 nitrogen and oxygen atoms in total. The van der Waals surface area contributed by atoms with Gasteiger partial charge in [0.15, 0.2) is 0 Å². The summed E-state index contributed by atoms with van der Waals surface area (Å²) >= 11 is 0. The Morgan fingerprint density at radius 1 is 1.04 bits per heavy atom. The molecule has 2 fully saturated rings. The highest BCUT2D eigenvalue weighted by Crippen LogP contribution is 2.20. The maximum absolute atomic E-state index is 12.4. The van der Waals surface area contributed by atoms with Crippen molar-refractivity contribution in [3.05, 3.63) is 35.9 Å². The lowest BCUT2D eigenvalue weighted by Gasteiger charge is -2.41. The Balaban J connectivity index is 1.35. The normalized spacial score (nSPS) is 20.4. The minimum absolute atomic E-state index is 0.0124. The van der Waals surface area contributed by atoms with Crippen LogP contribution < -0.4 is 10.6 Å². The van der Waals surface area contributed by atoms with E-state index in [4.69, 9.17) is 0 Å². The van der Waals surface area contributed by atoms with Crippen LogP contribution in [0.2, 0.25) is 0 Å². The van der Waals surface area contributed by atoms with E-state index in [0.717, 1.165) is 45.6 Å². The average molecular weight is 373 g/mol. The van der Waals surface area contributed by atoms with Crippen LogP contribution >= 0.6 is 0 Å². The Morgan fingerprint density at radius 3 is 2.37 bits per heavy atom. The zero-order valence-corrected chi connectivity index (χ0v) is 17.0. The average Bonchev–Trinajstić information content (AvgIpc) is 2.70. The number of piperidine rings is 2. The van der Waals surface area contributed by atoms with Crippen LogP contribution in [0.15, 0.2) is 30.3 Å². The molecule has 2 N–H and O–H groups in total. The number of nitrogens with one attached hydrogen (secondary N) is 2. The molecule has 0 saturated carbocycles. The van der Waals surface area contributed by atoms with Crippen LogP contribution in [0.25, 0.3) is 0 Å². The fraction of sp³-hybridized carbons (Fsp3) is 0.682. The van der Waals surface area contributed by atoms with E-state index in [2.05, 4.69) is 64.6 Å². The predicted molar refractivity (Wildman–Crippen MR) is 111 cm³/mol. The summed E-state index contributed by atoms with van der Waals surface area (Å²) in [6.45, 7) is 10.6. The first-order valence-corrected chi connectivity index (χ1v) is 10.6. The van der Waals surface area contributed by atoms with Gasteiger partial charge in [-0.3, -0.25) is 9.80 Å². The van der Waals surface area contributed by atoms with Crippen LogP contribution in [0.4, 0.5) is 4.79 Å². The minimum atomic E-state index is -0.0124. The van der Waals surface area contributed by atoms with Gasteiger partial charge in [0.25, 0.3) is 0 Å². The number of likely N-dealkylation sites (tertiary alicyclic amines) is 2. The van der Waals surface area contributed by atoms with E-state index >= 15 is 0 Å². The largest absolute Gasteiger partial charge is 0.336 e. The van der Waals surface area contributed by atoms with Gasteiger partial charge in [0.05, 0.1) is 0 Å². The first kappa shape index (κ1) is 20.2. The number of hydrogen-bond acceptors (Lipinski definition) is 3. The monoisotopic (exact) mass is 372 g/mol. The molecule has 5 heteroatoms. The quantitative estimate of drug-likeness (QED) is 0.806. The third kappa shape index (κ3) is 6.22. The summed E-state index contributed by atoms with van der Waals surface area (Å²) < 4.78 is 0. The van der Waals surface area contributed by atoms with Gasteiger partial charge in [0.2, 0.25) is 0 Å². The van der Waals surface area contributed by atoms with Crippen molar-refractivity contribution in [1.82, 2.24) is 20.4 Å². The van der Waals surface area contributed by atoms with Crippen molar-refractivity contribution in [2.24, 2.45) is 0 Å². The fourth-order valence-corrected chi connectivity index (χ4v) is 4.22. The molecular weight excluding hydrogens is 336 g/mol. The van der Waals surface area contributed by atoms with Crippen LogP contribution in [0.1, 0.15) is 51.5 Å². The first-order chi connectivity index (χ1) is 13.0. The maximum Gasteiger partial charge on any atom is 0.315 e. The topological polar surface area (TPSA) is 47.6 Å². The molecule has 3 rings (SSSR count). The number of benzene rings is 1. The van der Waals surface area contributed by atoms with Crippen LogP contribution in [-0.2, 0) is 6.54 Å². The van der Waals surface area contributed by atoms with Gasteiger partial charge < -0.3 is 10.6 Å². The summed E-state index contributed by atoms with van der Waals surface area (Å²) in [5.74, 6) is 0. The molecule has 0 aromatic heterocycles. The lowest BCUT2D eigenvalue weighted by molar-refractivity contribution is 0.0956. The summed E-state index contributed by atoms with van der Waals surface area (Å²) in [7, 11) is 0. The SMILES string of the molecule is CC(C)(CNC(=O)NC1CCN(Cc2ccccc2)CC1)N1CCCCC1. The number of urea groups is 1. The zero-order chi connectivity index (χ0) is 19.1. The molecule has 0 radical (unpaired) electrons. The molecule has 2 aliphatic rings. The van der Waals surface area contributed by atoms with E-state index in [-0.39, 0.29) is 17.6 Å². The second kappa shape index (κ2) is 9.56. The van der Waals surface area contributed by atoms with Crippen molar-refractivity contribution >= 4 is 6.03 Å². The van der Waals surface area contributed by atoms with Crippen LogP contribution in [0, 0.1) is 0 Å². The number of hydrogen-bond donors (Lipinski definition) is 2. The van der Waals surface area contributed by atoms with Gasteiger partial charge in [-0.05, 0) is 58.2 Å². The summed E-state index contributed by atoms with van der Waals surface area (Å²) in [6, 6.07) is 10.9. The van der Waals surface area contributed by atoms with Gasteiger partial charge >= 0.3 is 6.03 Å². The number of carbonyl (C=O) groups excluding carboxylic acids is 1. The molecule has 0 unspecified atom stereocenters. The molecule has 0 spiro atoms. The summed E-state index contributed by atoms with van der Waals surface area (Å²) in [5, 5.41) is 6.30. The standard InChI is InChI=1S/C22H36N4O/c1-22(2,26-13-7-4-8-14-26)18-23-21(27)24-20-11-15-25(16-12-20)17-19-9-5-3-6-10-19/h3,5-6,9-10,20H,4,7-8,11-18H2,1-2H3,(H2,23,24,27). The third-order valence-corrected chi connectivity index (χ3v) is 6.07. The smallest absolute Gasteiger partial charge is 0.315 e. The molecule has 0 bridgehead atoms. The lowest BCUT2D eigenvalue weighted by Crippen LogP contribution is -2.55. The minimum Gasteiger partial charge on any atom is -0.336 e. The van der Waals surface area contributed by atoms with E-state index in [1.807, 2.05) is 0 Å². The van der Waals surface area contributed by atoms with E-state index in [1.54, 1.807) is 0 Å². The highest BCUT2D eigenvalue weighted by atomic mass is 16.2. The molecule has 1 aromatic carbocycles. The summed E-state index contributed by atoms with van der Waals surface area (Å²) in [4.78, 5) is 17.3. The Morgan fingerprint density at radius 2 is 1.70 bits per heavy atom. The molecule has 150 valence electrons. The van der Waals surface area contributed by atoms with Gasteiger partial charge in [0, 0.05) is 37.8 Å². The zero-order valence-electron chi connectivity index (χ0n) is 17.0. The Hall–Kier alpha value is -1.59. The second-order valence-electron chi connectivity index (χ2n) is 8.72. The van der Waals surface area contributed by atoms with Crippen LogP contribution in [0.3, 0.4) is 0 Å². The van der Waals surface area contributed by atoms with Crippen molar-refractivity contribution in [2.75, 3.05) is 32.7 Å². The molecule has 0 atom stereocenters. The van der Waals surface area contributed by atoms with Crippen LogP contribution in [0.5, 0.6) is 0 Å². The fourth-order valence-electron chi connectivity index (χ4n) is 4.22. The van der Waals surface area contributed by atoms with E-state index < -0.39 is 0 Å². The molecule has 2 amide bonds. The van der Waals surface area contributed by atoms with Crippen molar-refractivity contribution in [3.8, 4) is 0 Å². The van der Waals surface area contributed by atoms with E-state index in [9.17, 15) is 4.79 Å². The molecule has 27 heavy (non-hydrogen) atoms. The lowest BCUT2D eigenvalue weighted by atomic mass is 9.98. The Kier molecular flexibility index (Phi) is 7.13. The van der Waals surface area contributed by atoms with Crippen molar-refractivity contribution < 1.29 is 4.79 Å². The molecular formula is C22H36N4O. The van der Waals surface area contributed by atoms with Gasteiger partial charge in [-0.2, -0.15) is 0 Å². The Bertz CT molecular complexity index is 575. The first-order valence-electron chi connectivity index (χ1n) is 10.6. The number of carbonyl (C=O) groups is 1. The van der Waals surface area contributed by atoms with E-state index in [0.29, 0.717) is 6.54 Å². The Labute approximate surface area is 164 Å². The van der Waals surface area contributed by atoms with Gasteiger partial charge in [0.1, 0.15) is 0 Å². The molecule has 2 heterocycles. The number of rotatable bonds is 6. The van der Waals surface area contributed by atoms with Crippen molar-refractivity contribution in [2.45, 2.75) is 64.1 Å². The van der Waals surface area contributed by atoms with Crippen molar-refractivity contribution in [1.29, 1.82) is 0 Å². The molecule has 2 saturated heterocycles. The molecule has 2 aliphatic heterocycles. The summed E-state index contributed by atoms with van der Waals surface area (Å²) in [6.07, 6.45) is 5.93. The summed E-state index contributed by atoms with van der Waals surface area (Å²) in [5.41, 5.74) is 1.39. The maximum atomic E-state index is 12.4. The highest BCUT2D eigenvalue weighted by Gasteiger charge is 2.28. The van der Waals surface area contributed by atoms with Crippen molar-refractivity contribution in [3.63, 3.8) is 0 Å². The second-order valence-corrected chi connectivity index (χ2v) is 8.72. The molecule has 1 aromatic rings. The van der Waals surface area contributed by atoms with Gasteiger partial charge in [-0.1, -0.05) is 36.8 Å². The number of nitrogens with zero attached hydrogens (tertiary/aromatic N) is 2. The highest BCUT2D eigenvalue weighted by molar-refractivity contribution is 5.74. The predicted octanol–water partition coefficient (Wildman–Crippen LogP) is 3.21. The van der Waals surface area contributed by atoms with Crippen LogP contribution in [-0.4, -0.2) is 60.1 Å². The van der Waals surface area contributed by atoms with Gasteiger partial charge in [-0.25, -0.2) is 4.79 Å². The van der Waals surface area contributed by atoms with E-state index in [1.165, 1.54) is 24.8 Å². The van der Waals surface area contributed by atoms with Gasteiger partial charge in [-0.15, -0.1) is 0 Å². The molecule has 0 aliphatic carbocycles. The third-order valence-electron chi connectivity index (χ3n) is 6.07. The number of amides is 2.